The van der Waals surface area contributed by atoms with Gasteiger partial charge in [-0.15, -0.1) is 10.2 Å². The van der Waals surface area contributed by atoms with Crippen LogP contribution in [0.15, 0.2) is 47.6 Å². The Labute approximate surface area is 198 Å². The number of benzene rings is 2. The molecule has 174 valence electrons. The van der Waals surface area contributed by atoms with E-state index in [0.717, 1.165) is 41.0 Å². The highest BCUT2D eigenvalue weighted by molar-refractivity contribution is 7.99. The fourth-order valence-electron chi connectivity index (χ4n) is 3.61. The van der Waals surface area contributed by atoms with Crippen LogP contribution in [0.25, 0.3) is 0 Å². The summed E-state index contributed by atoms with van der Waals surface area (Å²) in [5.41, 5.74) is 3.33. The molecule has 0 bridgehead atoms. The van der Waals surface area contributed by atoms with Gasteiger partial charge in [-0.25, -0.2) is 4.68 Å². The van der Waals surface area contributed by atoms with Gasteiger partial charge in [0.2, 0.25) is 11.1 Å². The second-order valence-electron chi connectivity index (χ2n) is 8.27. The molecule has 1 amide bonds. The van der Waals surface area contributed by atoms with E-state index in [1.165, 1.54) is 16.4 Å². The standard InChI is InChI=1S/C24H29N5O3S/c1-16-10-17(2)12-21(11-16)32-14-22-26-27-24(29(22)25)33-15-23(30)28(19-6-7-19)13-18-4-8-20(31-3)9-5-18/h4-5,8-12,19H,6-7,13-15,25H2,1-3H3. The largest absolute Gasteiger partial charge is 0.497 e. The summed E-state index contributed by atoms with van der Waals surface area (Å²) >= 11 is 1.29. The van der Waals surface area contributed by atoms with E-state index in [2.05, 4.69) is 16.3 Å². The van der Waals surface area contributed by atoms with Crippen molar-refractivity contribution in [2.45, 2.75) is 51.0 Å². The number of carbonyl (C=O) groups is 1. The van der Waals surface area contributed by atoms with Crippen LogP contribution in [-0.2, 0) is 17.9 Å². The molecule has 1 aromatic heterocycles. The van der Waals surface area contributed by atoms with Crippen LogP contribution in [0.2, 0.25) is 0 Å². The molecular formula is C24H29N5O3S. The summed E-state index contributed by atoms with van der Waals surface area (Å²) < 4.78 is 12.4. The lowest BCUT2D eigenvalue weighted by Gasteiger charge is -2.22. The first-order valence-electron chi connectivity index (χ1n) is 10.9. The second-order valence-corrected chi connectivity index (χ2v) is 9.21. The molecule has 33 heavy (non-hydrogen) atoms. The van der Waals surface area contributed by atoms with Gasteiger partial charge in [0.25, 0.3) is 0 Å². The van der Waals surface area contributed by atoms with Crippen molar-refractivity contribution in [3.05, 3.63) is 65.0 Å². The lowest BCUT2D eigenvalue weighted by atomic mass is 10.1. The number of thioether (sulfide) groups is 1. The number of hydrogen-bond donors (Lipinski definition) is 1. The Morgan fingerprint density at radius 2 is 1.82 bits per heavy atom. The highest BCUT2D eigenvalue weighted by Gasteiger charge is 2.32. The van der Waals surface area contributed by atoms with Crippen LogP contribution in [0.1, 0.15) is 35.4 Å². The van der Waals surface area contributed by atoms with Crippen LogP contribution in [0.4, 0.5) is 0 Å². The van der Waals surface area contributed by atoms with Crippen molar-refractivity contribution in [3.63, 3.8) is 0 Å². The molecule has 9 heteroatoms. The fourth-order valence-corrected chi connectivity index (χ4v) is 4.37. The molecular weight excluding hydrogens is 438 g/mol. The highest BCUT2D eigenvalue weighted by atomic mass is 32.2. The third kappa shape index (κ3) is 5.98. The van der Waals surface area contributed by atoms with Crippen molar-refractivity contribution in [1.29, 1.82) is 0 Å². The summed E-state index contributed by atoms with van der Waals surface area (Å²) in [5.74, 6) is 8.55. The summed E-state index contributed by atoms with van der Waals surface area (Å²) in [6, 6.07) is 14.1. The third-order valence-corrected chi connectivity index (χ3v) is 6.37. The van der Waals surface area contributed by atoms with Gasteiger partial charge >= 0.3 is 0 Å². The quantitative estimate of drug-likeness (QED) is 0.360. The normalized spacial score (nSPS) is 13.1. The molecule has 2 N–H and O–H groups in total. The molecule has 2 aromatic carbocycles. The molecule has 0 spiro atoms. The molecule has 0 unspecified atom stereocenters. The molecule has 4 rings (SSSR count). The van der Waals surface area contributed by atoms with Crippen molar-refractivity contribution in [2.75, 3.05) is 18.7 Å². The van der Waals surface area contributed by atoms with Gasteiger partial charge in [-0.05, 0) is 67.6 Å². The van der Waals surface area contributed by atoms with E-state index in [-0.39, 0.29) is 18.3 Å². The number of nitrogens with zero attached hydrogens (tertiary/aromatic N) is 4. The summed E-state index contributed by atoms with van der Waals surface area (Å²) in [6.07, 6.45) is 2.08. The number of nitrogens with two attached hydrogens (primary N) is 1. The van der Waals surface area contributed by atoms with Crippen LogP contribution in [-0.4, -0.2) is 44.6 Å². The topological polar surface area (TPSA) is 95.5 Å². The molecule has 1 saturated carbocycles. The minimum absolute atomic E-state index is 0.0642. The van der Waals surface area contributed by atoms with Gasteiger partial charge in [-0.1, -0.05) is 30.0 Å². The van der Waals surface area contributed by atoms with Gasteiger partial charge in [-0.3, -0.25) is 4.79 Å². The monoisotopic (exact) mass is 467 g/mol. The predicted octanol–water partition coefficient (Wildman–Crippen LogP) is 3.48. The van der Waals surface area contributed by atoms with E-state index >= 15 is 0 Å². The Morgan fingerprint density at radius 1 is 1.12 bits per heavy atom. The molecule has 1 fully saturated rings. The van der Waals surface area contributed by atoms with Crippen LogP contribution < -0.4 is 15.3 Å². The number of amides is 1. The van der Waals surface area contributed by atoms with Gasteiger partial charge < -0.3 is 20.2 Å². The Morgan fingerprint density at radius 3 is 2.45 bits per heavy atom. The lowest BCUT2D eigenvalue weighted by molar-refractivity contribution is -0.129. The molecule has 1 aliphatic rings. The molecule has 3 aromatic rings. The number of rotatable bonds is 10. The van der Waals surface area contributed by atoms with E-state index in [1.807, 2.05) is 55.1 Å². The van der Waals surface area contributed by atoms with E-state index in [9.17, 15) is 4.79 Å². The minimum atomic E-state index is 0.0642. The SMILES string of the molecule is COc1ccc(CN(C(=O)CSc2nnc(COc3cc(C)cc(C)c3)n2N)C2CC2)cc1. The first-order valence-corrected chi connectivity index (χ1v) is 11.9. The van der Waals surface area contributed by atoms with Crippen molar-refractivity contribution in [1.82, 2.24) is 19.8 Å². The molecule has 1 aliphatic carbocycles. The summed E-state index contributed by atoms with van der Waals surface area (Å²) in [4.78, 5) is 14.9. The van der Waals surface area contributed by atoms with Crippen LogP contribution >= 0.6 is 11.8 Å². The maximum absolute atomic E-state index is 13.0. The van der Waals surface area contributed by atoms with Crippen molar-refractivity contribution in [3.8, 4) is 11.5 Å². The summed E-state index contributed by atoms with van der Waals surface area (Å²) in [5, 5.41) is 8.77. The Kier molecular flexibility index (Phi) is 7.08. The zero-order valence-corrected chi connectivity index (χ0v) is 20.0. The molecule has 0 atom stereocenters. The zero-order chi connectivity index (χ0) is 23.4. The molecule has 0 radical (unpaired) electrons. The average Bonchev–Trinajstić information content (AvgIpc) is 3.58. The smallest absolute Gasteiger partial charge is 0.233 e. The van der Waals surface area contributed by atoms with Crippen LogP contribution in [0.5, 0.6) is 11.5 Å². The fraction of sp³-hybridized carbons (Fsp3) is 0.375. The molecule has 8 nitrogen and oxygen atoms in total. The first-order chi connectivity index (χ1) is 15.9. The molecule has 0 saturated heterocycles. The zero-order valence-electron chi connectivity index (χ0n) is 19.2. The van der Waals surface area contributed by atoms with Gasteiger partial charge in [0.15, 0.2) is 5.82 Å². The predicted molar refractivity (Wildman–Crippen MR) is 128 cm³/mol. The Hall–Kier alpha value is -3.20. The van der Waals surface area contributed by atoms with E-state index in [4.69, 9.17) is 15.3 Å². The van der Waals surface area contributed by atoms with Crippen molar-refractivity contribution < 1.29 is 14.3 Å². The van der Waals surface area contributed by atoms with Crippen LogP contribution in [0.3, 0.4) is 0 Å². The number of aromatic nitrogens is 3. The molecule has 1 heterocycles. The second kappa shape index (κ2) is 10.2. The minimum Gasteiger partial charge on any atom is -0.497 e. The number of carbonyl (C=O) groups excluding carboxylic acids is 1. The number of nitrogen functional groups attached to an aromatic ring is 1. The number of ether oxygens (including phenoxy) is 2. The van der Waals surface area contributed by atoms with Crippen molar-refractivity contribution in [2.24, 2.45) is 0 Å². The maximum atomic E-state index is 13.0. The highest BCUT2D eigenvalue weighted by Crippen LogP contribution is 2.30. The number of aryl methyl sites for hydroxylation is 2. The van der Waals surface area contributed by atoms with Gasteiger partial charge in [-0.2, -0.15) is 0 Å². The lowest BCUT2D eigenvalue weighted by Crippen LogP contribution is -2.34. The number of methoxy groups -OCH3 is 1. The van der Waals surface area contributed by atoms with Crippen molar-refractivity contribution >= 4 is 17.7 Å². The van der Waals surface area contributed by atoms with Crippen LogP contribution in [0, 0.1) is 13.8 Å². The van der Waals surface area contributed by atoms with E-state index < -0.39 is 0 Å². The summed E-state index contributed by atoms with van der Waals surface area (Å²) in [6.45, 7) is 4.83. The van der Waals surface area contributed by atoms with Gasteiger partial charge in [0.1, 0.15) is 18.1 Å². The van der Waals surface area contributed by atoms with E-state index in [0.29, 0.717) is 23.6 Å². The summed E-state index contributed by atoms with van der Waals surface area (Å²) in [7, 11) is 1.64. The first kappa shape index (κ1) is 23.0. The van der Waals surface area contributed by atoms with Gasteiger partial charge in [0.05, 0.1) is 12.9 Å². The Balaban J connectivity index is 1.33. The van der Waals surface area contributed by atoms with E-state index in [1.54, 1.807) is 7.11 Å². The average molecular weight is 468 g/mol. The Bertz CT molecular complexity index is 1090. The maximum Gasteiger partial charge on any atom is 0.233 e. The molecule has 0 aliphatic heterocycles. The van der Waals surface area contributed by atoms with Gasteiger partial charge in [0, 0.05) is 12.6 Å². The number of hydrogen-bond acceptors (Lipinski definition) is 7. The third-order valence-electron chi connectivity index (χ3n) is 5.44.